The van der Waals surface area contributed by atoms with Crippen LogP contribution in [0.3, 0.4) is 0 Å². The monoisotopic (exact) mass is 317 g/mol. The van der Waals surface area contributed by atoms with Crippen molar-refractivity contribution in [3.8, 4) is 5.75 Å². The summed E-state index contributed by atoms with van der Waals surface area (Å²) < 4.78 is 6.90. The Bertz CT molecular complexity index is 366. The summed E-state index contributed by atoms with van der Waals surface area (Å²) in [5.74, 6) is 0.963. The highest BCUT2D eigenvalue weighted by molar-refractivity contribution is 14.1. The molecule has 2 rings (SSSR count). The van der Waals surface area contributed by atoms with Gasteiger partial charge in [-0.05, 0) is 47.6 Å². The third-order valence-corrected chi connectivity index (χ3v) is 2.95. The summed E-state index contributed by atoms with van der Waals surface area (Å²) in [6.07, 6.45) is 2.82. The highest BCUT2D eigenvalue weighted by atomic mass is 127. The van der Waals surface area contributed by atoms with Gasteiger partial charge in [0.05, 0.1) is 11.8 Å². The van der Waals surface area contributed by atoms with Gasteiger partial charge < -0.3 is 4.74 Å². The van der Waals surface area contributed by atoms with Crippen LogP contribution in [0.15, 0.2) is 12.1 Å². The zero-order valence-corrected chi connectivity index (χ0v) is 11.5. The Morgan fingerprint density at radius 1 is 1.33 bits per heavy atom. The van der Waals surface area contributed by atoms with E-state index in [9.17, 15) is 0 Å². The maximum atomic E-state index is 5.87. The van der Waals surface area contributed by atoms with E-state index in [1.54, 1.807) is 0 Å². The van der Waals surface area contributed by atoms with Gasteiger partial charge >= 0.3 is 0 Å². The molecule has 0 saturated heterocycles. The summed E-state index contributed by atoms with van der Waals surface area (Å²) in [6.45, 7) is 6.52. The molecule has 0 N–H and O–H groups in total. The fraction of sp³-hybridized carbons (Fsp3) is 0.583. The van der Waals surface area contributed by atoms with Crippen LogP contribution in [0.4, 0.5) is 0 Å². The first kappa shape index (κ1) is 11.2. The first-order valence-electron chi connectivity index (χ1n) is 5.30. The highest BCUT2D eigenvalue weighted by Gasteiger charge is 2.28. The van der Waals surface area contributed by atoms with Crippen LogP contribution in [0.5, 0.6) is 5.75 Å². The zero-order valence-electron chi connectivity index (χ0n) is 9.38. The van der Waals surface area contributed by atoms with Crippen molar-refractivity contribution >= 4 is 22.6 Å². The van der Waals surface area contributed by atoms with Gasteiger partial charge in [0.15, 0.2) is 0 Å². The SMILES string of the molecule is CC(C)(C)c1nc(I)ccc1OC1CC1. The molecule has 15 heavy (non-hydrogen) atoms. The van der Waals surface area contributed by atoms with Gasteiger partial charge in [0, 0.05) is 5.41 Å². The molecule has 1 aliphatic carbocycles. The molecule has 0 atom stereocenters. The van der Waals surface area contributed by atoms with Crippen LogP contribution >= 0.6 is 22.6 Å². The van der Waals surface area contributed by atoms with E-state index in [0.29, 0.717) is 6.10 Å². The maximum absolute atomic E-state index is 5.87. The second-order valence-electron chi connectivity index (χ2n) is 5.05. The molecule has 1 fully saturated rings. The molecule has 0 aromatic carbocycles. The molecular formula is C12H16INO. The summed E-state index contributed by atoms with van der Waals surface area (Å²) >= 11 is 2.24. The Morgan fingerprint density at radius 3 is 2.53 bits per heavy atom. The summed E-state index contributed by atoms with van der Waals surface area (Å²) in [6, 6.07) is 4.06. The molecular weight excluding hydrogens is 301 g/mol. The summed E-state index contributed by atoms with van der Waals surface area (Å²) in [7, 11) is 0. The van der Waals surface area contributed by atoms with E-state index in [-0.39, 0.29) is 5.41 Å². The van der Waals surface area contributed by atoms with Crippen molar-refractivity contribution in [1.29, 1.82) is 0 Å². The van der Waals surface area contributed by atoms with Crippen molar-refractivity contribution in [2.24, 2.45) is 0 Å². The molecule has 0 bridgehead atoms. The van der Waals surface area contributed by atoms with E-state index in [2.05, 4.69) is 48.3 Å². The van der Waals surface area contributed by atoms with Gasteiger partial charge in [-0.1, -0.05) is 20.8 Å². The van der Waals surface area contributed by atoms with Crippen LogP contribution in [-0.2, 0) is 5.41 Å². The summed E-state index contributed by atoms with van der Waals surface area (Å²) in [5, 5.41) is 0. The number of aromatic nitrogens is 1. The van der Waals surface area contributed by atoms with Gasteiger partial charge in [-0.15, -0.1) is 0 Å². The second kappa shape index (κ2) is 3.92. The van der Waals surface area contributed by atoms with Crippen LogP contribution in [0.2, 0.25) is 0 Å². The first-order valence-corrected chi connectivity index (χ1v) is 6.38. The number of nitrogens with zero attached hydrogens (tertiary/aromatic N) is 1. The molecule has 1 aromatic rings. The quantitative estimate of drug-likeness (QED) is 0.615. The van der Waals surface area contributed by atoms with Crippen molar-refractivity contribution in [3.63, 3.8) is 0 Å². The summed E-state index contributed by atoms with van der Waals surface area (Å²) in [5.41, 5.74) is 1.12. The normalized spacial score (nSPS) is 16.5. The molecule has 1 saturated carbocycles. The number of hydrogen-bond acceptors (Lipinski definition) is 2. The Hall–Kier alpha value is -0.320. The molecule has 0 unspecified atom stereocenters. The van der Waals surface area contributed by atoms with E-state index in [0.717, 1.165) is 15.1 Å². The van der Waals surface area contributed by atoms with Gasteiger partial charge in [-0.2, -0.15) is 0 Å². The largest absolute Gasteiger partial charge is 0.488 e. The number of pyridine rings is 1. The van der Waals surface area contributed by atoms with Crippen LogP contribution in [0.25, 0.3) is 0 Å². The third kappa shape index (κ3) is 2.83. The fourth-order valence-electron chi connectivity index (χ4n) is 1.42. The smallest absolute Gasteiger partial charge is 0.141 e. The summed E-state index contributed by atoms with van der Waals surface area (Å²) in [4.78, 5) is 4.59. The van der Waals surface area contributed by atoms with Crippen LogP contribution in [-0.4, -0.2) is 11.1 Å². The van der Waals surface area contributed by atoms with Gasteiger partial charge in [-0.25, -0.2) is 4.98 Å². The number of halogens is 1. The molecule has 0 radical (unpaired) electrons. The molecule has 82 valence electrons. The lowest BCUT2D eigenvalue weighted by Crippen LogP contribution is -2.16. The van der Waals surface area contributed by atoms with Crippen molar-refractivity contribution in [2.45, 2.75) is 45.1 Å². The van der Waals surface area contributed by atoms with E-state index in [1.807, 2.05) is 12.1 Å². The topological polar surface area (TPSA) is 22.1 Å². The van der Waals surface area contributed by atoms with Crippen molar-refractivity contribution in [2.75, 3.05) is 0 Å². The molecule has 1 aliphatic rings. The van der Waals surface area contributed by atoms with E-state index in [1.165, 1.54) is 12.8 Å². The standard InChI is InChI=1S/C12H16INO/c1-12(2,3)11-9(15-8-4-5-8)6-7-10(13)14-11/h6-8H,4-5H2,1-3H3. The minimum atomic E-state index is 0.0470. The highest BCUT2D eigenvalue weighted by Crippen LogP contribution is 2.34. The number of ether oxygens (including phenoxy) is 1. The lowest BCUT2D eigenvalue weighted by atomic mass is 9.91. The second-order valence-corrected chi connectivity index (χ2v) is 6.15. The van der Waals surface area contributed by atoms with Crippen molar-refractivity contribution in [3.05, 3.63) is 21.5 Å². The molecule has 0 amide bonds. The Morgan fingerprint density at radius 2 is 2.00 bits per heavy atom. The lowest BCUT2D eigenvalue weighted by molar-refractivity contribution is 0.292. The Kier molecular flexibility index (Phi) is 2.92. The molecule has 3 heteroatoms. The molecule has 2 nitrogen and oxygen atoms in total. The van der Waals surface area contributed by atoms with Crippen LogP contribution in [0.1, 0.15) is 39.3 Å². The van der Waals surface area contributed by atoms with E-state index >= 15 is 0 Å². The van der Waals surface area contributed by atoms with Crippen molar-refractivity contribution in [1.82, 2.24) is 4.98 Å². The molecule has 1 heterocycles. The van der Waals surface area contributed by atoms with E-state index in [4.69, 9.17) is 4.74 Å². The van der Waals surface area contributed by atoms with Gasteiger partial charge in [-0.3, -0.25) is 0 Å². The van der Waals surface area contributed by atoms with Crippen molar-refractivity contribution < 1.29 is 4.74 Å². The Balaban J connectivity index is 2.34. The average Bonchev–Trinajstić information content (AvgIpc) is 2.90. The minimum Gasteiger partial charge on any atom is -0.488 e. The average molecular weight is 317 g/mol. The fourth-order valence-corrected chi connectivity index (χ4v) is 1.84. The first-order chi connectivity index (χ1) is 6.97. The van der Waals surface area contributed by atoms with Crippen LogP contribution in [0, 0.1) is 3.70 Å². The van der Waals surface area contributed by atoms with Gasteiger partial charge in [0.1, 0.15) is 9.45 Å². The van der Waals surface area contributed by atoms with E-state index < -0.39 is 0 Å². The third-order valence-electron chi connectivity index (χ3n) is 2.35. The maximum Gasteiger partial charge on any atom is 0.141 e. The minimum absolute atomic E-state index is 0.0470. The zero-order chi connectivity index (χ0) is 11.1. The van der Waals surface area contributed by atoms with Crippen LogP contribution < -0.4 is 4.74 Å². The molecule has 0 aliphatic heterocycles. The predicted octanol–water partition coefficient (Wildman–Crippen LogP) is 3.52. The van der Waals surface area contributed by atoms with Gasteiger partial charge in [0.25, 0.3) is 0 Å². The molecule has 1 aromatic heterocycles. The number of hydrogen-bond donors (Lipinski definition) is 0. The Labute approximate surface area is 105 Å². The lowest BCUT2D eigenvalue weighted by Gasteiger charge is -2.21. The number of rotatable bonds is 2. The predicted molar refractivity (Wildman–Crippen MR) is 69.3 cm³/mol. The van der Waals surface area contributed by atoms with Gasteiger partial charge in [0.2, 0.25) is 0 Å². The molecule has 0 spiro atoms.